The summed E-state index contributed by atoms with van der Waals surface area (Å²) in [4.78, 5) is 18.5. The summed E-state index contributed by atoms with van der Waals surface area (Å²) >= 11 is 0. The van der Waals surface area contributed by atoms with Crippen LogP contribution in [0.1, 0.15) is 42.8 Å². The van der Waals surface area contributed by atoms with Gasteiger partial charge >= 0.3 is 0 Å². The maximum atomic E-state index is 12.3. The highest BCUT2D eigenvalue weighted by atomic mass is 16.5. The van der Waals surface area contributed by atoms with Crippen LogP contribution in [0, 0.1) is 0 Å². The monoisotopic (exact) mass is 299 g/mol. The molecule has 1 aliphatic heterocycles. The summed E-state index contributed by atoms with van der Waals surface area (Å²) in [5, 5.41) is 4.04. The molecular formula is C16H17N3O3. The number of anilines is 1. The Morgan fingerprint density at radius 3 is 2.95 bits per heavy atom. The number of amides is 1. The number of hydrogen-bond acceptors (Lipinski definition) is 5. The van der Waals surface area contributed by atoms with Crippen LogP contribution >= 0.6 is 0 Å². The van der Waals surface area contributed by atoms with Gasteiger partial charge in [0.25, 0.3) is 0 Å². The second kappa shape index (κ2) is 5.12. The van der Waals surface area contributed by atoms with Crippen molar-refractivity contribution in [3.63, 3.8) is 0 Å². The van der Waals surface area contributed by atoms with Gasteiger partial charge in [0.1, 0.15) is 5.75 Å². The molecule has 0 bridgehead atoms. The van der Waals surface area contributed by atoms with Gasteiger partial charge in [-0.2, -0.15) is 4.98 Å². The fraction of sp³-hybridized carbons (Fsp3) is 0.438. The van der Waals surface area contributed by atoms with Crippen LogP contribution in [-0.2, 0) is 4.79 Å². The Morgan fingerprint density at radius 1 is 1.32 bits per heavy atom. The molecule has 4 rings (SSSR count). The molecular weight excluding hydrogens is 282 g/mol. The zero-order valence-electron chi connectivity index (χ0n) is 12.4. The van der Waals surface area contributed by atoms with Gasteiger partial charge in [0.05, 0.1) is 13.0 Å². The van der Waals surface area contributed by atoms with E-state index in [1.807, 2.05) is 24.3 Å². The van der Waals surface area contributed by atoms with Crippen molar-refractivity contribution in [2.45, 2.75) is 31.1 Å². The SMILES string of the molecule is COc1cccc(N2C[C@H](c3nc(C4CC4)no3)CC2=O)c1. The molecule has 2 aliphatic rings. The van der Waals surface area contributed by atoms with E-state index in [2.05, 4.69) is 10.1 Å². The van der Waals surface area contributed by atoms with E-state index in [1.165, 1.54) is 0 Å². The summed E-state index contributed by atoms with van der Waals surface area (Å²) in [6.07, 6.45) is 2.68. The third-order valence-electron chi connectivity index (χ3n) is 4.24. The molecule has 2 aromatic rings. The van der Waals surface area contributed by atoms with Crippen molar-refractivity contribution in [3.8, 4) is 5.75 Å². The normalized spacial score (nSPS) is 21.4. The first-order valence-corrected chi connectivity index (χ1v) is 7.52. The molecule has 1 aromatic heterocycles. The number of carbonyl (C=O) groups excluding carboxylic acids is 1. The van der Waals surface area contributed by atoms with Gasteiger partial charge < -0.3 is 14.2 Å². The van der Waals surface area contributed by atoms with Crippen LogP contribution < -0.4 is 9.64 Å². The van der Waals surface area contributed by atoms with Crippen LogP contribution in [0.25, 0.3) is 0 Å². The van der Waals surface area contributed by atoms with Crippen LogP contribution in [0.5, 0.6) is 5.75 Å². The van der Waals surface area contributed by atoms with Crippen molar-refractivity contribution >= 4 is 11.6 Å². The minimum atomic E-state index is -0.0290. The van der Waals surface area contributed by atoms with Gasteiger partial charge in [-0.15, -0.1) is 0 Å². The Bertz CT molecular complexity index is 708. The van der Waals surface area contributed by atoms with E-state index in [1.54, 1.807) is 12.0 Å². The average Bonchev–Trinajstić information content (AvgIpc) is 3.14. The molecule has 1 aliphatic carbocycles. The Kier molecular flexibility index (Phi) is 3.10. The molecule has 1 saturated heterocycles. The molecule has 1 saturated carbocycles. The minimum Gasteiger partial charge on any atom is -0.497 e. The van der Waals surface area contributed by atoms with Crippen LogP contribution in [0.4, 0.5) is 5.69 Å². The fourth-order valence-electron chi connectivity index (χ4n) is 2.82. The molecule has 1 atom stereocenters. The quantitative estimate of drug-likeness (QED) is 0.867. The second-order valence-electron chi connectivity index (χ2n) is 5.87. The molecule has 2 heterocycles. The molecule has 2 fully saturated rings. The topological polar surface area (TPSA) is 68.5 Å². The van der Waals surface area contributed by atoms with E-state index in [0.717, 1.165) is 30.1 Å². The van der Waals surface area contributed by atoms with Gasteiger partial charge in [0, 0.05) is 30.6 Å². The highest BCUT2D eigenvalue weighted by Crippen LogP contribution is 2.39. The van der Waals surface area contributed by atoms with Crippen molar-refractivity contribution in [1.82, 2.24) is 10.1 Å². The summed E-state index contributed by atoms with van der Waals surface area (Å²) in [6.45, 7) is 0.568. The van der Waals surface area contributed by atoms with Crippen LogP contribution in [0.2, 0.25) is 0 Å². The molecule has 0 unspecified atom stereocenters. The highest BCUT2D eigenvalue weighted by Gasteiger charge is 2.36. The van der Waals surface area contributed by atoms with Gasteiger partial charge in [-0.05, 0) is 25.0 Å². The lowest BCUT2D eigenvalue weighted by Crippen LogP contribution is -2.24. The molecule has 0 spiro atoms. The highest BCUT2D eigenvalue weighted by molar-refractivity contribution is 5.96. The van der Waals surface area contributed by atoms with E-state index < -0.39 is 0 Å². The Balaban J connectivity index is 1.54. The zero-order valence-corrected chi connectivity index (χ0v) is 12.4. The van der Waals surface area contributed by atoms with Crippen molar-refractivity contribution in [2.75, 3.05) is 18.6 Å². The average molecular weight is 299 g/mol. The van der Waals surface area contributed by atoms with Gasteiger partial charge in [-0.3, -0.25) is 4.79 Å². The first-order valence-electron chi connectivity index (χ1n) is 7.52. The van der Waals surface area contributed by atoms with Gasteiger partial charge in [-0.1, -0.05) is 11.2 Å². The molecule has 1 amide bonds. The van der Waals surface area contributed by atoms with Crippen molar-refractivity contribution < 1.29 is 14.1 Å². The molecule has 114 valence electrons. The number of aromatic nitrogens is 2. The second-order valence-corrected chi connectivity index (χ2v) is 5.87. The largest absolute Gasteiger partial charge is 0.497 e. The summed E-state index contributed by atoms with van der Waals surface area (Å²) in [7, 11) is 1.62. The standard InChI is InChI=1S/C16H17N3O3/c1-21-13-4-2-3-12(8-13)19-9-11(7-14(19)20)16-17-15(18-22-16)10-5-6-10/h2-4,8,10-11H,5-7,9H2,1H3/t11-/m1/s1. The number of hydrogen-bond donors (Lipinski definition) is 0. The number of rotatable bonds is 4. The zero-order chi connectivity index (χ0) is 15.1. The first-order chi connectivity index (χ1) is 10.7. The number of benzene rings is 1. The number of nitrogens with zero attached hydrogens (tertiary/aromatic N) is 3. The predicted octanol–water partition coefficient (Wildman–Crippen LogP) is 2.48. The Hall–Kier alpha value is -2.37. The molecule has 1 aromatic carbocycles. The van der Waals surface area contributed by atoms with Crippen molar-refractivity contribution in [2.24, 2.45) is 0 Å². The lowest BCUT2D eigenvalue weighted by molar-refractivity contribution is -0.117. The summed E-state index contributed by atoms with van der Waals surface area (Å²) in [5.74, 6) is 2.62. The third kappa shape index (κ3) is 2.34. The maximum absolute atomic E-state index is 12.3. The van der Waals surface area contributed by atoms with Gasteiger partial charge in [0.15, 0.2) is 5.82 Å². The summed E-state index contributed by atoms with van der Waals surface area (Å²) < 4.78 is 10.6. The first kappa shape index (κ1) is 13.3. The molecule has 0 N–H and O–H groups in total. The number of carbonyl (C=O) groups is 1. The van der Waals surface area contributed by atoms with Gasteiger partial charge in [-0.25, -0.2) is 0 Å². The number of ether oxygens (including phenoxy) is 1. The van der Waals surface area contributed by atoms with Crippen LogP contribution in [0.3, 0.4) is 0 Å². The van der Waals surface area contributed by atoms with Crippen molar-refractivity contribution in [1.29, 1.82) is 0 Å². The van der Waals surface area contributed by atoms with Crippen molar-refractivity contribution in [3.05, 3.63) is 36.0 Å². The fourth-order valence-corrected chi connectivity index (χ4v) is 2.82. The Labute approximate surface area is 128 Å². The molecule has 0 radical (unpaired) electrons. The lowest BCUT2D eigenvalue weighted by Gasteiger charge is -2.16. The maximum Gasteiger partial charge on any atom is 0.232 e. The van der Waals surface area contributed by atoms with E-state index in [-0.39, 0.29) is 11.8 Å². The minimum absolute atomic E-state index is 0.0290. The van der Waals surface area contributed by atoms with E-state index in [0.29, 0.717) is 24.8 Å². The van der Waals surface area contributed by atoms with E-state index in [4.69, 9.17) is 9.26 Å². The van der Waals surface area contributed by atoms with Crippen LogP contribution in [0.15, 0.2) is 28.8 Å². The third-order valence-corrected chi connectivity index (χ3v) is 4.24. The Morgan fingerprint density at radius 2 is 2.18 bits per heavy atom. The smallest absolute Gasteiger partial charge is 0.232 e. The molecule has 22 heavy (non-hydrogen) atoms. The number of methoxy groups -OCH3 is 1. The lowest BCUT2D eigenvalue weighted by atomic mass is 10.1. The van der Waals surface area contributed by atoms with Crippen LogP contribution in [-0.4, -0.2) is 29.7 Å². The summed E-state index contributed by atoms with van der Waals surface area (Å²) in [6, 6.07) is 7.52. The molecule has 6 nitrogen and oxygen atoms in total. The van der Waals surface area contributed by atoms with E-state index >= 15 is 0 Å². The van der Waals surface area contributed by atoms with Gasteiger partial charge in [0.2, 0.25) is 11.8 Å². The predicted molar refractivity (Wildman–Crippen MR) is 79.0 cm³/mol. The van der Waals surface area contributed by atoms with E-state index in [9.17, 15) is 4.79 Å². The molecule has 6 heteroatoms. The summed E-state index contributed by atoms with van der Waals surface area (Å²) in [5.41, 5.74) is 0.841.